The third-order valence-corrected chi connectivity index (χ3v) is 8.97. The third kappa shape index (κ3) is 3.74. The summed E-state index contributed by atoms with van der Waals surface area (Å²) in [5, 5.41) is 28.2. The Labute approximate surface area is 203 Å². The van der Waals surface area contributed by atoms with Crippen LogP contribution in [0.25, 0.3) is 0 Å². The van der Waals surface area contributed by atoms with Crippen LogP contribution in [0.4, 0.5) is 5.13 Å². The zero-order valence-corrected chi connectivity index (χ0v) is 20.0. The number of thiazole rings is 1. The van der Waals surface area contributed by atoms with Crippen LogP contribution in [0, 0.1) is 0 Å². The number of rotatable bonds is 7. The summed E-state index contributed by atoms with van der Waals surface area (Å²) in [6.45, 7) is 2.72. The Bertz CT molecular complexity index is 1120. The Morgan fingerprint density at radius 2 is 2.18 bits per heavy atom. The van der Waals surface area contributed by atoms with Crippen LogP contribution in [-0.2, 0) is 19.2 Å². The lowest BCUT2D eigenvalue weighted by molar-refractivity contribution is -0.904. The van der Waals surface area contributed by atoms with Crippen molar-refractivity contribution < 1.29 is 33.9 Å². The predicted octanol–water partition coefficient (Wildman–Crippen LogP) is -0.830. The Balaban J connectivity index is 1.34. The molecule has 4 aliphatic heterocycles. The molecule has 3 fully saturated rings. The number of nitrogens with one attached hydrogen (secondary N) is 1. The first-order valence-corrected chi connectivity index (χ1v) is 12.7. The van der Waals surface area contributed by atoms with Gasteiger partial charge in [-0.05, 0) is 0 Å². The third-order valence-electron chi connectivity index (χ3n) is 6.96. The minimum atomic E-state index is -1.16. The summed E-state index contributed by atoms with van der Waals surface area (Å²) >= 11 is 2.55. The van der Waals surface area contributed by atoms with Crippen LogP contribution >= 0.6 is 23.1 Å². The van der Waals surface area contributed by atoms with Crippen LogP contribution in [0.15, 0.2) is 21.8 Å². The molecule has 4 aliphatic rings. The Morgan fingerprint density at radius 3 is 2.74 bits per heavy atom. The number of oxime groups is 1. The van der Waals surface area contributed by atoms with E-state index in [2.05, 4.69) is 15.5 Å². The summed E-state index contributed by atoms with van der Waals surface area (Å²) in [6.07, 6.45) is 1.43. The number of anilines is 1. The summed E-state index contributed by atoms with van der Waals surface area (Å²) in [4.78, 5) is 48.1. The second-order valence-corrected chi connectivity index (χ2v) is 11.1. The summed E-state index contributed by atoms with van der Waals surface area (Å²) in [7, 11) is 1.29. The lowest BCUT2D eigenvalue weighted by Crippen LogP contribution is -2.71. The maximum absolute atomic E-state index is 13.0. The Hall–Kier alpha value is -2.68. The highest BCUT2D eigenvalue weighted by atomic mass is 32.2. The lowest BCUT2D eigenvalue weighted by atomic mass is 10.00. The largest absolute Gasteiger partial charge is 0.477 e. The van der Waals surface area contributed by atoms with Crippen molar-refractivity contribution in [2.24, 2.45) is 5.16 Å². The maximum Gasteiger partial charge on any atom is 0.352 e. The Morgan fingerprint density at radius 1 is 1.44 bits per heavy atom. The zero-order valence-electron chi connectivity index (χ0n) is 18.4. The SMILES string of the molecule is CO/N=C(\C(=O)N[C@@H]1C(=O)N2C(C(=O)O)=C(C[N+]34CCC(O)(CC3)C4)CS[C@@H]12)c1csc(N)n1. The van der Waals surface area contributed by atoms with Crippen molar-refractivity contribution >= 4 is 51.7 Å². The smallest absolute Gasteiger partial charge is 0.352 e. The second-order valence-electron chi connectivity index (χ2n) is 9.14. The van der Waals surface area contributed by atoms with E-state index in [0.717, 1.165) is 24.4 Å². The quantitative estimate of drug-likeness (QED) is 0.159. The van der Waals surface area contributed by atoms with Gasteiger partial charge in [0.05, 0.1) is 13.1 Å². The minimum Gasteiger partial charge on any atom is -0.477 e. The number of carbonyl (C=O) groups is 3. The number of nitrogens with two attached hydrogens (primary N) is 1. The van der Waals surface area contributed by atoms with Crippen molar-refractivity contribution in [3.8, 4) is 0 Å². The summed E-state index contributed by atoms with van der Waals surface area (Å²) in [5.74, 6) is -1.88. The molecule has 5 heterocycles. The van der Waals surface area contributed by atoms with E-state index in [1.807, 2.05) is 0 Å². The highest BCUT2D eigenvalue weighted by molar-refractivity contribution is 8.00. The van der Waals surface area contributed by atoms with E-state index >= 15 is 0 Å². The summed E-state index contributed by atoms with van der Waals surface area (Å²) in [5.41, 5.74) is 5.78. The average molecular weight is 510 g/mol. The number of amides is 2. The van der Waals surface area contributed by atoms with Crippen LogP contribution in [-0.4, -0.2) is 104 Å². The first-order chi connectivity index (χ1) is 16.2. The van der Waals surface area contributed by atoms with Gasteiger partial charge in [0.25, 0.3) is 11.8 Å². The van der Waals surface area contributed by atoms with Crippen LogP contribution in [0.1, 0.15) is 18.5 Å². The molecule has 2 bridgehead atoms. The van der Waals surface area contributed by atoms with E-state index in [9.17, 15) is 24.6 Å². The average Bonchev–Trinajstić information content (AvgIpc) is 3.47. The number of carboxylic acids is 1. The van der Waals surface area contributed by atoms with Gasteiger partial charge in [0.1, 0.15) is 48.6 Å². The molecule has 0 aromatic carbocycles. The number of carbonyl (C=O) groups excluding carboxylic acids is 2. The zero-order chi connectivity index (χ0) is 24.3. The van der Waals surface area contributed by atoms with Crippen molar-refractivity contribution in [1.29, 1.82) is 0 Å². The van der Waals surface area contributed by atoms with E-state index < -0.39 is 34.8 Å². The molecule has 3 saturated heterocycles. The second kappa shape index (κ2) is 8.22. The number of carboxylic acid groups (broad SMARTS) is 1. The number of quaternary nitrogens is 1. The van der Waals surface area contributed by atoms with E-state index in [1.165, 1.54) is 23.8 Å². The number of piperidine rings is 1. The topological polar surface area (TPSA) is 167 Å². The first-order valence-electron chi connectivity index (χ1n) is 10.8. The van der Waals surface area contributed by atoms with Gasteiger partial charge in [0.15, 0.2) is 10.8 Å². The van der Waals surface area contributed by atoms with Gasteiger partial charge in [-0.25, -0.2) is 9.78 Å². The van der Waals surface area contributed by atoms with Crippen molar-refractivity contribution in [3.05, 3.63) is 22.3 Å². The molecule has 0 saturated carbocycles. The number of nitrogen functional groups attached to an aromatic ring is 1. The fraction of sp³-hybridized carbons (Fsp3) is 0.550. The standard InChI is InChI=1S/C20H24N6O6S2/c1-32-24-12(11-8-34-19(21)22-11)15(27)23-13-16(28)25-14(18(29)30)10(7-33-17(13)25)6-26-4-2-20(31,9-26)3-5-26/h8,13,17,31H,2-7,9H2,1H3,(H3-,21,22,23,27,29,30)/p+1/b24-12-/t13-,17+,20?,26?/m1/s1. The fourth-order valence-electron chi connectivity index (χ4n) is 5.39. The molecule has 0 unspecified atom stereocenters. The number of hydrogen-bond donors (Lipinski definition) is 4. The van der Waals surface area contributed by atoms with Gasteiger partial charge >= 0.3 is 5.97 Å². The number of fused-ring (bicyclic) bond motifs is 3. The molecule has 5 rings (SSSR count). The fourth-order valence-corrected chi connectivity index (χ4v) is 7.28. The molecule has 5 N–H and O–H groups in total. The van der Waals surface area contributed by atoms with Crippen molar-refractivity contribution in [2.75, 3.05) is 44.8 Å². The number of aliphatic carboxylic acids is 1. The Kier molecular flexibility index (Phi) is 5.58. The molecule has 2 amide bonds. The van der Waals surface area contributed by atoms with Gasteiger partial charge in [-0.1, -0.05) is 5.16 Å². The minimum absolute atomic E-state index is 0.00727. The van der Waals surface area contributed by atoms with Crippen LogP contribution in [0.5, 0.6) is 0 Å². The number of hydrogen-bond acceptors (Lipinski definition) is 10. The molecule has 0 radical (unpaired) electrons. The predicted molar refractivity (Wildman–Crippen MR) is 124 cm³/mol. The van der Waals surface area contributed by atoms with Crippen LogP contribution < -0.4 is 11.1 Å². The van der Waals surface area contributed by atoms with Gasteiger partial charge in [0, 0.05) is 29.5 Å². The van der Waals surface area contributed by atoms with E-state index in [1.54, 1.807) is 5.38 Å². The molecule has 14 heteroatoms. The normalized spacial score (nSPS) is 32.5. The number of nitrogens with zero attached hydrogens (tertiary/aromatic N) is 4. The molecule has 34 heavy (non-hydrogen) atoms. The van der Waals surface area contributed by atoms with Crippen molar-refractivity contribution in [3.63, 3.8) is 0 Å². The maximum atomic E-state index is 13.0. The molecular formula is C20H25N6O6S2+. The van der Waals surface area contributed by atoms with Gasteiger partial charge in [-0.2, -0.15) is 0 Å². The highest BCUT2D eigenvalue weighted by Crippen LogP contribution is 2.44. The number of thioether (sulfide) groups is 1. The molecule has 1 aromatic rings. The molecule has 12 nitrogen and oxygen atoms in total. The van der Waals surface area contributed by atoms with Crippen LogP contribution in [0.3, 0.4) is 0 Å². The van der Waals surface area contributed by atoms with E-state index in [0.29, 0.717) is 41.7 Å². The monoisotopic (exact) mass is 509 g/mol. The summed E-state index contributed by atoms with van der Waals surface area (Å²) in [6, 6.07) is -0.901. The van der Waals surface area contributed by atoms with E-state index in [4.69, 9.17) is 10.6 Å². The number of aromatic nitrogens is 1. The molecular weight excluding hydrogens is 484 g/mol. The lowest BCUT2D eigenvalue weighted by Gasteiger charge is -2.50. The first kappa shape index (κ1) is 23.1. The highest BCUT2D eigenvalue weighted by Gasteiger charge is 2.58. The van der Waals surface area contributed by atoms with Gasteiger partial charge in [-0.15, -0.1) is 23.1 Å². The molecule has 2 atom stereocenters. The van der Waals surface area contributed by atoms with Crippen molar-refractivity contribution in [1.82, 2.24) is 15.2 Å². The van der Waals surface area contributed by atoms with Crippen molar-refractivity contribution in [2.45, 2.75) is 29.9 Å². The van der Waals surface area contributed by atoms with Gasteiger partial charge in [-0.3, -0.25) is 14.5 Å². The molecule has 0 aliphatic carbocycles. The number of β-lactam (4-membered cyclic amide) rings is 1. The van der Waals surface area contributed by atoms with Gasteiger partial charge in [0.2, 0.25) is 0 Å². The molecule has 1 aromatic heterocycles. The summed E-state index contributed by atoms with van der Waals surface area (Å²) < 4.78 is 0.656. The number of aliphatic hydroxyl groups is 1. The van der Waals surface area contributed by atoms with Crippen LogP contribution in [0.2, 0.25) is 0 Å². The van der Waals surface area contributed by atoms with Gasteiger partial charge < -0.3 is 30.6 Å². The molecule has 0 spiro atoms. The molecule has 182 valence electrons. The van der Waals surface area contributed by atoms with E-state index in [-0.39, 0.29) is 22.2 Å².